The zero-order valence-corrected chi connectivity index (χ0v) is 12.0. The third-order valence-corrected chi connectivity index (χ3v) is 2.98. The maximum Gasteiger partial charge on any atom is 0.494 e. The van der Waals surface area contributed by atoms with Crippen molar-refractivity contribution in [1.82, 2.24) is 0 Å². The Hall–Kier alpha value is -1.86. The van der Waals surface area contributed by atoms with E-state index in [0.29, 0.717) is 0 Å². The van der Waals surface area contributed by atoms with E-state index in [0.717, 1.165) is 5.46 Å². The molecule has 2 rings (SSSR count). The van der Waals surface area contributed by atoms with Gasteiger partial charge in [0, 0.05) is 13.8 Å². The standard InChI is InChI=1S/C14H17BO6/c1-10(16)18-8-13-14(9-19-11(2)17)21-15(20-13)12-6-4-3-5-7-12/h3-7,13-14H,8-9H2,1-2H3/t13-,14-/m0/s1. The van der Waals surface area contributed by atoms with Crippen LogP contribution in [0.15, 0.2) is 30.3 Å². The summed E-state index contributed by atoms with van der Waals surface area (Å²) in [5.74, 6) is -0.791. The highest BCUT2D eigenvalue weighted by Gasteiger charge is 2.41. The van der Waals surface area contributed by atoms with E-state index < -0.39 is 31.3 Å². The van der Waals surface area contributed by atoms with Crippen LogP contribution in [-0.4, -0.2) is 44.5 Å². The first-order chi connectivity index (χ1) is 10.1. The third-order valence-electron chi connectivity index (χ3n) is 2.98. The fourth-order valence-electron chi connectivity index (χ4n) is 1.98. The van der Waals surface area contributed by atoms with Crippen LogP contribution in [0.3, 0.4) is 0 Å². The van der Waals surface area contributed by atoms with E-state index in [4.69, 9.17) is 18.8 Å². The Kier molecular flexibility index (Phi) is 5.35. The zero-order valence-electron chi connectivity index (χ0n) is 12.0. The molecule has 1 saturated heterocycles. The van der Waals surface area contributed by atoms with Crippen LogP contribution in [-0.2, 0) is 28.4 Å². The largest absolute Gasteiger partial charge is 0.494 e. The second-order valence-corrected chi connectivity index (χ2v) is 4.70. The lowest BCUT2D eigenvalue weighted by Crippen LogP contribution is -2.32. The van der Waals surface area contributed by atoms with Crippen LogP contribution >= 0.6 is 0 Å². The van der Waals surface area contributed by atoms with Gasteiger partial charge < -0.3 is 18.8 Å². The maximum atomic E-state index is 10.9. The minimum absolute atomic E-state index is 0.0601. The molecule has 6 nitrogen and oxygen atoms in total. The van der Waals surface area contributed by atoms with Crippen LogP contribution in [0.4, 0.5) is 0 Å². The van der Waals surface area contributed by atoms with Crippen LogP contribution in [0.25, 0.3) is 0 Å². The minimum atomic E-state index is -0.563. The number of esters is 2. The zero-order chi connectivity index (χ0) is 15.2. The Morgan fingerprint density at radius 2 is 1.48 bits per heavy atom. The van der Waals surface area contributed by atoms with Crippen molar-refractivity contribution in [1.29, 1.82) is 0 Å². The summed E-state index contributed by atoms with van der Waals surface area (Å²) in [6.07, 6.45) is -0.947. The van der Waals surface area contributed by atoms with Crippen LogP contribution in [0.5, 0.6) is 0 Å². The van der Waals surface area contributed by atoms with E-state index in [1.54, 1.807) is 0 Å². The van der Waals surface area contributed by atoms with Crippen molar-refractivity contribution in [2.75, 3.05) is 13.2 Å². The molecule has 1 heterocycles. The summed E-state index contributed by atoms with van der Waals surface area (Å²) in [6.45, 7) is 2.77. The Balaban J connectivity index is 2.01. The number of carbonyl (C=O) groups excluding carboxylic acids is 2. The Bertz CT molecular complexity index is 465. The summed E-state index contributed by atoms with van der Waals surface area (Å²) in [6, 6.07) is 9.40. The highest BCUT2D eigenvalue weighted by atomic mass is 16.7. The Morgan fingerprint density at radius 1 is 1.00 bits per heavy atom. The van der Waals surface area contributed by atoms with Crippen molar-refractivity contribution < 1.29 is 28.4 Å². The van der Waals surface area contributed by atoms with Gasteiger partial charge in [-0.15, -0.1) is 0 Å². The lowest BCUT2D eigenvalue weighted by atomic mass is 9.79. The SMILES string of the molecule is CC(=O)OC[C@@H]1OB(c2ccccc2)O[C@H]1COC(C)=O. The van der Waals surface area contributed by atoms with Crippen molar-refractivity contribution in [3.63, 3.8) is 0 Å². The lowest BCUT2D eigenvalue weighted by molar-refractivity contribution is -0.148. The molecule has 0 aromatic heterocycles. The van der Waals surface area contributed by atoms with Crippen LogP contribution in [0.1, 0.15) is 13.8 Å². The van der Waals surface area contributed by atoms with Gasteiger partial charge in [-0.3, -0.25) is 9.59 Å². The van der Waals surface area contributed by atoms with Crippen molar-refractivity contribution in [2.45, 2.75) is 26.1 Å². The number of rotatable bonds is 5. The second kappa shape index (κ2) is 7.24. The van der Waals surface area contributed by atoms with Gasteiger partial charge in [0.25, 0.3) is 0 Å². The summed E-state index contributed by atoms with van der Waals surface area (Å²) < 4.78 is 21.4. The summed E-state index contributed by atoms with van der Waals surface area (Å²) in [4.78, 5) is 21.8. The van der Waals surface area contributed by atoms with Gasteiger partial charge in [0.1, 0.15) is 25.4 Å². The fourth-order valence-corrected chi connectivity index (χ4v) is 1.98. The van der Waals surface area contributed by atoms with Gasteiger partial charge in [0.15, 0.2) is 0 Å². The van der Waals surface area contributed by atoms with Gasteiger partial charge >= 0.3 is 19.1 Å². The molecule has 0 N–H and O–H groups in total. The van der Waals surface area contributed by atoms with Crippen molar-refractivity contribution in [3.8, 4) is 0 Å². The molecule has 7 heteroatoms. The molecule has 1 fully saturated rings. The molecule has 0 radical (unpaired) electrons. The molecular weight excluding hydrogens is 275 g/mol. The molecule has 0 bridgehead atoms. The molecule has 0 aliphatic carbocycles. The summed E-state index contributed by atoms with van der Waals surface area (Å²) in [5.41, 5.74) is 0.857. The molecule has 2 atom stereocenters. The Morgan fingerprint density at radius 3 is 1.90 bits per heavy atom. The highest BCUT2D eigenvalue weighted by Crippen LogP contribution is 2.18. The third kappa shape index (κ3) is 4.58. The quantitative estimate of drug-likeness (QED) is 0.574. The average Bonchev–Trinajstić information content (AvgIpc) is 2.87. The average molecular weight is 292 g/mol. The molecule has 112 valence electrons. The smallest absolute Gasteiger partial charge is 0.463 e. The molecule has 1 aliphatic rings. The molecule has 1 aliphatic heterocycles. The molecular formula is C14H17BO6. The first-order valence-electron chi connectivity index (χ1n) is 6.69. The van der Waals surface area contributed by atoms with Gasteiger partial charge in [0.05, 0.1) is 0 Å². The first-order valence-corrected chi connectivity index (χ1v) is 6.69. The second-order valence-electron chi connectivity index (χ2n) is 4.70. The van der Waals surface area contributed by atoms with E-state index in [1.165, 1.54) is 13.8 Å². The monoisotopic (exact) mass is 292 g/mol. The van der Waals surface area contributed by atoms with Crippen molar-refractivity contribution in [3.05, 3.63) is 30.3 Å². The Labute approximate surface area is 123 Å². The van der Waals surface area contributed by atoms with Gasteiger partial charge in [-0.2, -0.15) is 0 Å². The van der Waals surface area contributed by atoms with Crippen LogP contribution in [0.2, 0.25) is 0 Å². The maximum absolute atomic E-state index is 10.9. The lowest BCUT2D eigenvalue weighted by Gasteiger charge is -2.17. The topological polar surface area (TPSA) is 71.1 Å². The highest BCUT2D eigenvalue weighted by molar-refractivity contribution is 6.61. The molecule has 0 amide bonds. The van der Waals surface area contributed by atoms with Crippen LogP contribution < -0.4 is 5.46 Å². The van der Waals surface area contributed by atoms with Gasteiger partial charge in [-0.25, -0.2) is 0 Å². The summed E-state index contributed by atoms with van der Waals surface area (Å²) in [7, 11) is -0.563. The predicted molar refractivity (Wildman–Crippen MR) is 74.8 cm³/mol. The number of ether oxygens (including phenoxy) is 2. The molecule has 21 heavy (non-hydrogen) atoms. The molecule has 1 aromatic carbocycles. The van der Waals surface area contributed by atoms with E-state index in [1.807, 2.05) is 30.3 Å². The van der Waals surface area contributed by atoms with E-state index in [-0.39, 0.29) is 13.2 Å². The predicted octanol–water partition coefficient (Wildman–Crippen LogP) is 0.292. The molecule has 0 saturated carbocycles. The molecule has 0 spiro atoms. The van der Waals surface area contributed by atoms with E-state index in [9.17, 15) is 9.59 Å². The van der Waals surface area contributed by atoms with Crippen molar-refractivity contribution >= 4 is 24.5 Å². The number of hydrogen-bond donors (Lipinski definition) is 0. The number of benzene rings is 1. The van der Waals surface area contributed by atoms with Crippen LogP contribution in [0, 0.1) is 0 Å². The summed E-state index contributed by atoms with van der Waals surface area (Å²) in [5, 5.41) is 0. The van der Waals surface area contributed by atoms with Crippen molar-refractivity contribution in [2.24, 2.45) is 0 Å². The first kappa shape index (κ1) is 15.5. The summed E-state index contributed by atoms with van der Waals surface area (Å²) >= 11 is 0. The molecule has 1 aromatic rings. The van der Waals surface area contributed by atoms with Gasteiger partial charge in [-0.1, -0.05) is 30.3 Å². The minimum Gasteiger partial charge on any atom is -0.463 e. The van der Waals surface area contributed by atoms with E-state index >= 15 is 0 Å². The van der Waals surface area contributed by atoms with E-state index in [2.05, 4.69) is 0 Å². The fraction of sp³-hybridized carbons (Fsp3) is 0.429. The molecule has 0 unspecified atom stereocenters. The normalized spacial score (nSPS) is 21.1. The number of carbonyl (C=O) groups is 2. The van der Waals surface area contributed by atoms with Gasteiger partial charge in [0.2, 0.25) is 0 Å². The van der Waals surface area contributed by atoms with Gasteiger partial charge in [-0.05, 0) is 5.46 Å². The number of hydrogen-bond acceptors (Lipinski definition) is 6.